The SMILES string of the molecule is CC(SCC(=O)NC1CCCCC1CN)c1nc2ccccc2[nH]1.Cl. The number of nitrogens with two attached hydrogens (primary N) is 1. The molecule has 3 unspecified atom stereocenters. The molecule has 5 nitrogen and oxygen atoms in total. The van der Waals surface area contributed by atoms with Gasteiger partial charge in [0.15, 0.2) is 0 Å². The van der Waals surface area contributed by atoms with Gasteiger partial charge in [-0.2, -0.15) is 0 Å². The van der Waals surface area contributed by atoms with Crippen LogP contribution >= 0.6 is 24.2 Å². The van der Waals surface area contributed by atoms with Crippen molar-refractivity contribution in [2.24, 2.45) is 11.7 Å². The Morgan fingerprint density at radius 2 is 2.16 bits per heavy atom. The van der Waals surface area contributed by atoms with Gasteiger partial charge in [-0.3, -0.25) is 4.79 Å². The van der Waals surface area contributed by atoms with Gasteiger partial charge in [0.25, 0.3) is 0 Å². The highest BCUT2D eigenvalue weighted by molar-refractivity contribution is 8.00. The second-order valence-electron chi connectivity index (χ2n) is 6.55. The molecule has 1 amide bonds. The van der Waals surface area contributed by atoms with Crippen LogP contribution in [0, 0.1) is 5.92 Å². The quantitative estimate of drug-likeness (QED) is 0.714. The number of imidazole rings is 1. The van der Waals surface area contributed by atoms with E-state index in [1.165, 1.54) is 12.8 Å². The Labute approximate surface area is 159 Å². The maximum atomic E-state index is 12.3. The number of rotatable bonds is 6. The lowest BCUT2D eigenvalue weighted by molar-refractivity contribution is -0.119. The largest absolute Gasteiger partial charge is 0.352 e. The van der Waals surface area contributed by atoms with Crippen LogP contribution in [-0.4, -0.2) is 34.2 Å². The predicted molar refractivity (Wildman–Crippen MR) is 107 cm³/mol. The number of aromatic amines is 1. The first-order chi connectivity index (χ1) is 11.7. The number of nitrogens with one attached hydrogen (secondary N) is 2. The molecule has 0 radical (unpaired) electrons. The normalized spacial score (nSPS) is 21.5. The summed E-state index contributed by atoms with van der Waals surface area (Å²) in [6.07, 6.45) is 4.59. The lowest BCUT2D eigenvalue weighted by Crippen LogP contribution is -2.45. The second kappa shape index (κ2) is 9.46. The number of halogens is 1. The Balaban J connectivity index is 0.00000225. The highest BCUT2D eigenvalue weighted by Crippen LogP contribution is 2.28. The molecular formula is C18H27ClN4OS. The zero-order chi connectivity index (χ0) is 16.9. The number of amides is 1. The topological polar surface area (TPSA) is 83.8 Å². The Morgan fingerprint density at radius 1 is 1.40 bits per heavy atom. The molecule has 1 aromatic heterocycles. The molecule has 1 aliphatic carbocycles. The van der Waals surface area contributed by atoms with Crippen LogP contribution in [0.3, 0.4) is 0 Å². The molecule has 1 saturated carbocycles. The second-order valence-corrected chi connectivity index (χ2v) is 7.88. The summed E-state index contributed by atoms with van der Waals surface area (Å²) < 4.78 is 0. The fraction of sp³-hybridized carbons (Fsp3) is 0.556. The number of fused-ring (bicyclic) bond motifs is 1. The summed E-state index contributed by atoms with van der Waals surface area (Å²) in [7, 11) is 0. The van der Waals surface area contributed by atoms with Crippen LogP contribution in [0.15, 0.2) is 24.3 Å². The maximum Gasteiger partial charge on any atom is 0.230 e. The Bertz CT molecular complexity index is 660. The van der Waals surface area contributed by atoms with Crippen LogP contribution in [0.2, 0.25) is 0 Å². The number of thioether (sulfide) groups is 1. The minimum Gasteiger partial charge on any atom is -0.352 e. The van der Waals surface area contributed by atoms with E-state index in [0.29, 0.717) is 18.2 Å². The average molecular weight is 383 g/mol. The summed E-state index contributed by atoms with van der Waals surface area (Å²) in [4.78, 5) is 20.2. The molecule has 25 heavy (non-hydrogen) atoms. The smallest absolute Gasteiger partial charge is 0.230 e. The lowest BCUT2D eigenvalue weighted by atomic mass is 9.84. The van der Waals surface area contributed by atoms with Crippen LogP contribution in [-0.2, 0) is 4.79 Å². The highest BCUT2D eigenvalue weighted by atomic mass is 35.5. The van der Waals surface area contributed by atoms with Gasteiger partial charge < -0.3 is 16.0 Å². The van der Waals surface area contributed by atoms with Crippen molar-refractivity contribution in [2.45, 2.75) is 43.9 Å². The third kappa shape index (κ3) is 5.12. The maximum absolute atomic E-state index is 12.3. The van der Waals surface area contributed by atoms with Crippen LogP contribution in [0.5, 0.6) is 0 Å². The van der Waals surface area contributed by atoms with Gasteiger partial charge in [-0.15, -0.1) is 24.2 Å². The molecule has 0 aliphatic heterocycles. The molecule has 1 aliphatic rings. The van der Waals surface area contributed by atoms with E-state index >= 15 is 0 Å². The van der Waals surface area contributed by atoms with Gasteiger partial charge in [0, 0.05) is 6.04 Å². The molecule has 7 heteroatoms. The summed E-state index contributed by atoms with van der Waals surface area (Å²) in [5.41, 5.74) is 7.84. The Kier molecular flexibility index (Phi) is 7.59. The van der Waals surface area contributed by atoms with Crippen molar-refractivity contribution in [1.82, 2.24) is 15.3 Å². The molecule has 0 spiro atoms. The van der Waals surface area contributed by atoms with E-state index in [1.54, 1.807) is 11.8 Å². The monoisotopic (exact) mass is 382 g/mol. The first-order valence-electron chi connectivity index (χ1n) is 8.73. The lowest BCUT2D eigenvalue weighted by Gasteiger charge is -2.31. The summed E-state index contributed by atoms with van der Waals surface area (Å²) >= 11 is 1.61. The molecule has 3 atom stereocenters. The van der Waals surface area contributed by atoms with Gasteiger partial charge in [-0.05, 0) is 44.4 Å². The average Bonchev–Trinajstić information content (AvgIpc) is 3.04. The number of aromatic nitrogens is 2. The first kappa shape index (κ1) is 20.1. The van der Waals surface area contributed by atoms with E-state index in [1.807, 2.05) is 24.3 Å². The minimum absolute atomic E-state index is 0. The number of hydrogen-bond donors (Lipinski definition) is 3. The van der Waals surface area contributed by atoms with Gasteiger partial charge in [-0.1, -0.05) is 25.0 Å². The Hall–Kier alpha value is -1.24. The summed E-state index contributed by atoms with van der Waals surface area (Å²) in [6.45, 7) is 2.74. The summed E-state index contributed by atoms with van der Waals surface area (Å²) in [6, 6.07) is 8.24. The number of H-pyrrole nitrogens is 1. The molecule has 1 heterocycles. The van der Waals surface area contributed by atoms with Crippen LogP contribution in [0.1, 0.15) is 43.7 Å². The molecule has 0 saturated heterocycles. The molecule has 4 N–H and O–H groups in total. The van der Waals surface area contributed by atoms with Gasteiger partial charge in [0.2, 0.25) is 5.91 Å². The molecule has 138 valence electrons. The van der Waals surface area contributed by atoms with Crippen molar-refractivity contribution in [3.05, 3.63) is 30.1 Å². The molecule has 2 aromatic rings. The fourth-order valence-electron chi connectivity index (χ4n) is 3.37. The zero-order valence-corrected chi connectivity index (χ0v) is 16.2. The van der Waals surface area contributed by atoms with Crippen molar-refractivity contribution in [2.75, 3.05) is 12.3 Å². The van der Waals surface area contributed by atoms with Gasteiger partial charge >= 0.3 is 0 Å². The highest BCUT2D eigenvalue weighted by Gasteiger charge is 2.25. The van der Waals surface area contributed by atoms with Crippen LogP contribution < -0.4 is 11.1 Å². The number of nitrogens with zero attached hydrogens (tertiary/aromatic N) is 1. The number of carbonyl (C=O) groups is 1. The van der Waals surface area contributed by atoms with Crippen molar-refractivity contribution in [3.63, 3.8) is 0 Å². The van der Waals surface area contributed by atoms with Crippen molar-refractivity contribution in [1.29, 1.82) is 0 Å². The summed E-state index contributed by atoms with van der Waals surface area (Å²) in [5.74, 6) is 1.91. The van der Waals surface area contributed by atoms with Gasteiger partial charge in [0.05, 0.1) is 22.0 Å². The number of hydrogen-bond acceptors (Lipinski definition) is 4. The zero-order valence-electron chi connectivity index (χ0n) is 14.5. The van der Waals surface area contributed by atoms with Crippen molar-refractivity contribution >= 4 is 41.1 Å². The third-order valence-corrected chi connectivity index (χ3v) is 5.97. The number of carbonyl (C=O) groups excluding carboxylic acids is 1. The molecule has 1 aromatic carbocycles. The van der Waals surface area contributed by atoms with E-state index in [2.05, 4.69) is 22.2 Å². The molecule has 0 bridgehead atoms. The van der Waals surface area contributed by atoms with Gasteiger partial charge in [-0.25, -0.2) is 4.98 Å². The third-order valence-electron chi connectivity index (χ3n) is 4.82. The van der Waals surface area contributed by atoms with E-state index < -0.39 is 0 Å². The van der Waals surface area contributed by atoms with Crippen LogP contribution in [0.25, 0.3) is 11.0 Å². The first-order valence-corrected chi connectivity index (χ1v) is 9.78. The predicted octanol–water partition coefficient (Wildman–Crippen LogP) is 3.41. The number of benzene rings is 1. The van der Waals surface area contributed by atoms with E-state index in [0.717, 1.165) is 29.7 Å². The minimum atomic E-state index is 0. The van der Waals surface area contributed by atoms with Crippen molar-refractivity contribution < 1.29 is 4.79 Å². The van der Waals surface area contributed by atoms with E-state index in [-0.39, 0.29) is 29.6 Å². The Morgan fingerprint density at radius 3 is 2.92 bits per heavy atom. The van der Waals surface area contributed by atoms with Crippen LogP contribution in [0.4, 0.5) is 0 Å². The molecular weight excluding hydrogens is 356 g/mol. The van der Waals surface area contributed by atoms with Gasteiger partial charge in [0.1, 0.15) is 5.82 Å². The number of para-hydroxylation sites is 2. The molecule has 1 fully saturated rings. The standard InChI is InChI=1S/C18H26N4OS.ClH/c1-12(18-21-15-8-4-5-9-16(15)22-18)24-11-17(23)20-14-7-3-2-6-13(14)10-19;/h4-5,8-9,12-14H,2-3,6-7,10-11,19H2,1H3,(H,20,23)(H,21,22);1H. The van der Waals surface area contributed by atoms with E-state index in [9.17, 15) is 4.79 Å². The fourth-order valence-corrected chi connectivity index (χ4v) is 4.13. The molecule has 3 rings (SSSR count). The van der Waals surface area contributed by atoms with E-state index in [4.69, 9.17) is 5.73 Å². The van der Waals surface area contributed by atoms with Crippen molar-refractivity contribution in [3.8, 4) is 0 Å². The summed E-state index contributed by atoms with van der Waals surface area (Å²) in [5, 5.41) is 3.34.